The zero-order valence-electron chi connectivity index (χ0n) is 11.1. The highest BCUT2D eigenvalue weighted by molar-refractivity contribution is 7.13. The second kappa shape index (κ2) is 5.22. The molecule has 2 aromatic rings. The summed E-state index contributed by atoms with van der Waals surface area (Å²) in [4.78, 5) is 15.6. The van der Waals surface area contributed by atoms with Gasteiger partial charge in [-0.05, 0) is 26.9 Å². The standard InChI is InChI=1S/C13H17N5S/c1-9-15-11(10-3-5-18(2)8-10)7-12(16-9)17-13-14-4-6-19-13/h4,6-7,10H,3,5,8H2,1-2H3,(H,14,15,16,17). The fourth-order valence-corrected chi connectivity index (χ4v) is 2.97. The molecule has 0 aliphatic carbocycles. The zero-order valence-corrected chi connectivity index (χ0v) is 11.9. The van der Waals surface area contributed by atoms with Gasteiger partial charge in [0.25, 0.3) is 0 Å². The number of aromatic nitrogens is 3. The van der Waals surface area contributed by atoms with Crippen LogP contribution in [0.3, 0.4) is 0 Å². The van der Waals surface area contributed by atoms with Gasteiger partial charge in [-0.2, -0.15) is 0 Å². The van der Waals surface area contributed by atoms with E-state index >= 15 is 0 Å². The monoisotopic (exact) mass is 275 g/mol. The Balaban J connectivity index is 1.83. The molecule has 0 saturated carbocycles. The summed E-state index contributed by atoms with van der Waals surface area (Å²) in [5.41, 5.74) is 1.14. The molecule has 1 N–H and O–H groups in total. The van der Waals surface area contributed by atoms with Gasteiger partial charge in [-0.25, -0.2) is 15.0 Å². The molecule has 3 rings (SSSR count). The summed E-state index contributed by atoms with van der Waals surface area (Å²) in [5.74, 6) is 2.17. The van der Waals surface area contributed by atoms with Crippen molar-refractivity contribution in [1.29, 1.82) is 0 Å². The molecule has 0 aromatic carbocycles. The molecule has 1 atom stereocenters. The van der Waals surface area contributed by atoms with E-state index in [4.69, 9.17) is 0 Å². The fraction of sp³-hybridized carbons (Fsp3) is 0.462. The number of hydrogen-bond donors (Lipinski definition) is 1. The van der Waals surface area contributed by atoms with E-state index in [2.05, 4.69) is 38.3 Å². The average molecular weight is 275 g/mol. The first-order chi connectivity index (χ1) is 9.20. The van der Waals surface area contributed by atoms with Crippen molar-refractivity contribution in [2.75, 3.05) is 25.5 Å². The molecule has 5 nitrogen and oxygen atoms in total. The molecule has 0 amide bonds. The lowest BCUT2D eigenvalue weighted by Gasteiger charge is -2.12. The van der Waals surface area contributed by atoms with Crippen molar-refractivity contribution < 1.29 is 0 Å². The second-order valence-corrected chi connectivity index (χ2v) is 5.83. The van der Waals surface area contributed by atoms with Crippen LogP contribution in [0.5, 0.6) is 0 Å². The SMILES string of the molecule is Cc1nc(Nc2nccs2)cc(C2CCN(C)C2)n1. The van der Waals surface area contributed by atoms with E-state index in [1.807, 2.05) is 12.3 Å². The molecule has 3 heterocycles. The normalized spacial score (nSPS) is 19.8. The van der Waals surface area contributed by atoms with Gasteiger partial charge in [-0.1, -0.05) is 0 Å². The fourth-order valence-electron chi connectivity index (χ4n) is 2.44. The van der Waals surface area contributed by atoms with Gasteiger partial charge < -0.3 is 10.2 Å². The number of nitrogens with zero attached hydrogens (tertiary/aromatic N) is 4. The molecule has 19 heavy (non-hydrogen) atoms. The molecule has 6 heteroatoms. The van der Waals surface area contributed by atoms with Crippen LogP contribution < -0.4 is 5.32 Å². The molecule has 0 bridgehead atoms. The molecule has 1 aliphatic heterocycles. The third-order valence-electron chi connectivity index (χ3n) is 3.33. The topological polar surface area (TPSA) is 53.9 Å². The Hall–Kier alpha value is -1.53. The molecular formula is C13H17N5S. The van der Waals surface area contributed by atoms with Crippen molar-refractivity contribution in [3.63, 3.8) is 0 Å². The van der Waals surface area contributed by atoms with Gasteiger partial charge in [-0.15, -0.1) is 11.3 Å². The van der Waals surface area contributed by atoms with Crippen LogP contribution in [0.1, 0.15) is 23.9 Å². The molecule has 0 spiro atoms. The lowest BCUT2D eigenvalue weighted by Crippen LogP contribution is -2.14. The molecular weight excluding hydrogens is 258 g/mol. The van der Waals surface area contributed by atoms with Gasteiger partial charge in [0, 0.05) is 30.1 Å². The summed E-state index contributed by atoms with van der Waals surface area (Å²) in [5, 5.41) is 6.06. The maximum atomic E-state index is 4.58. The van der Waals surface area contributed by atoms with Crippen molar-refractivity contribution in [3.05, 3.63) is 29.2 Å². The van der Waals surface area contributed by atoms with E-state index in [0.29, 0.717) is 5.92 Å². The number of nitrogens with one attached hydrogen (secondary N) is 1. The number of anilines is 2. The largest absolute Gasteiger partial charge is 0.316 e. The maximum absolute atomic E-state index is 4.58. The van der Waals surface area contributed by atoms with Crippen LogP contribution in [-0.4, -0.2) is 40.0 Å². The van der Waals surface area contributed by atoms with Crippen molar-refractivity contribution in [1.82, 2.24) is 19.9 Å². The molecule has 1 aliphatic rings. The van der Waals surface area contributed by atoms with E-state index in [1.165, 1.54) is 6.42 Å². The predicted octanol–water partition coefficient (Wildman–Crippen LogP) is 2.40. The number of thiazole rings is 1. The minimum atomic E-state index is 0.517. The number of aryl methyl sites for hydroxylation is 1. The summed E-state index contributed by atoms with van der Waals surface area (Å²) >= 11 is 1.57. The minimum absolute atomic E-state index is 0.517. The third kappa shape index (κ3) is 2.90. The molecule has 1 unspecified atom stereocenters. The van der Waals surface area contributed by atoms with Crippen LogP contribution in [0.4, 0.5) is 10.9 Å². The predicted molar refractivity (Wildman–Crippen MR) is 77.0 cm³/mol. The number of rotatable bonds is 3. The highest BCUT2D eigenvalue weighted by Crippen LogP contribution is 2.27. The first-order valence-corrected chi connectivity index (χ1v) is 7.29. The second-order valence-electron chi connectivity index (χ2n) is 4.94. The number of hydrogen-bond acceptors (Lipinski definition) is 6. The van der Waals surface area contributed by atoms with Crippen LogP contribution in [0.15, 0.2) is 17.6 Å². The first-order valence-electron chi connectivity index (χ1n) is 6.41. The molecule has 1 saturated heterocycles. The van der Waals surface area contributed by atoms with Gasteiger partial charge in [-0.3, -0.25) is 0 Å². The highest BCUT2D eigenvalue weighted by atomic mass is 32.1. The maximum Gasteiger partial charge on any atom is 0.188 e. The third-order valence-corrected chi connectivity index (χ3v) is 4.02. The van der Waals surface area contributed by atoms with Gasteiger partial charge in [0.2, 0.25) is 0 Å². The Morgan fingerprint density at radius 1 is 1.42 bits per heavy atom. The number of likely N-dealkylation sites (N-methyl/N-ethyl adjacent to an activating group) is 1. The Morgan fingerprint density at radius 2 is 2.32 bits per heavy atom. The minimum Gasteiger partial charge on any atom is -0.316 e. The summed E-state index contributed by atoms with van der Waals surface area (Å²) in [7, 11) is 2.16. The van der Waals surface area contributed by atoms with Gasteiger partial charge >= 0.3 is 0 Å². The molecule has 2 aromatic heterocycles. The van der Waals surface area contributed by atoms with Gasteiger partial charge in [0.1, 0.15) is 11.6 Å². The number of likely N-dealkylation sites (tertiary alicyclic amines) is 1. The van der Waals surface area contributed by atoms with Crippen molar-refractivity contribution in [2.45, 2.75) is 19.3 Å². The summed E-state index contributed by atoms with van der Waals surface area (Å²) < 4.78 is 0. The van der Waals surface area contributed by atoms with Gasteiger partial charge in [0.05, 0.1) is 5.69 Å². The van der Waals surface area contributed by atoms with Crippen molar-refractivity contribution >= 4 is 22.3 Å². The zero-order chi connectivity index (χ0) is 13.2. The van der Waals surface area contributed by atoms with E-state index in [-0.39, 0.29) is 0 Å². The highest BCUT2D eigenvalue weighted by Gasteiger charge is 2.23. The van der Waals surface area contributed by atoms with Crippen LogP contribution in [0, 0.1) is 6.92 Å². The van der Waals surface area contributed by atoms with E-state index in [0.717, 1.165) is 35.6 Å². The molecule has 0 radical (unpaired) electrons. The summed E-state index contributed by atoms with van der Waals surface area (Å²) in [6, 6.07) is 2.05. The quantitative estimate of drug-likeness (QED) is 0.932. The lowest BCUT2D eigenvalue weighted by atomic mass is 10.0. The smallest absolute Gasteiger partial charge is 0.188 e. The Bertz CT molecular complexity index is 554. The van der Waals surface area contributed by atoms with E-state index in [1.54, 1.807) is 17.5 Å². The lowest BCUT2D eigenvalue weighted by molar-refractivity contribution is 0.410. The van der Waals surface area contributed by atoms with E-state index in [9.17, 15) is 0 Å². The summed E-state index contributed by atoms with van der Waals surface area (Å²) in [6.45, 7) is 4.16. The van der Waals surface area contributed by atoms with Crippen LogP contribution in [0.25, 0.3) is 0 Å². The summed E-state index contributed by atoms with van der Waals surface area (Å²) in [6.07, 6.45) is 2.96. The average Bonchev–Trinajstić information content (AvgIpc) is 3.00. The van der Waals surface area contributed by atoms with Crippen LogP contribution in [0.2, 0.25) is 0 Å². The Kier molecular flexibility index (Phi) is 3.44. The first kappa shape index (κ1) is 12.5. The van der Waals surface area contributed by atoms with Crippen LogP contribution >= 0.6 is 11.3 Å². The van der Waals surface area contributed by atoms with Crippen molar-refractivity contribution in [2.24, 2.45) is 0 Å². The Labute approximate surface area is 116 Å². The molecule has 100 valence electrons. The van der Waals surface area contributed by atoms with Gasteiger partial charge in [0.15, 0.2) is 5.13 Å². The van der Waals surface area contributed by atoms with Crippen LogP contribution in [-0.2, 0) is 0 Å². The van der Waals surface area contributed by atoms with Crippen molar-refractivity contribution in [3.8, 4) is 0 Å². The molecule has 1 fully saturated rings. The van der Waals surface area contributed by atoms with E-state index < -0.39 is 0 Å². The Morgan fingerprint density at radius 3 is 3.00 bits per heavy atom.